The molecule has 0 radical (unpaired) electrons. The predicted octanol–water partition coefficient (Wildman–Crippen LogP) is 4.96. The third kappa shape index (κ3) is 4.94. The minimum atomic E-state index is -0.370. The number of hydrogen-bond acceptors (Lipinski definition) is 5. The van der Waals surface area contributed by atoms with Gasteiger partial charge in [0, 0.05) is 30.4 Å². The fourth-order valence-corrected chi connectivity index (χ4v) is 4.53. The summed E-state index contributed by atoms with van der Waals surface area (Å²) >= 11 is 1.26. The lowest BCUT2D eigenvalue weighted by atomic mass is 9.98. The van der Waals surface area contributed by atoms with Crippen molar-refractivity contribution in [3.63, 3.8) is 0 Å². The normalized spacial score (nSPS) is 14.3. The molecule has 3 amide bonds. The van der Waals surface area contributed by atoms with Gasteiger partial charge in [-0.1, -0.05) is 23.5 Å². The molecular formula is C23H24FN5O2S. The van der Waals surface area contributed by atoms with Crippen LogP contribution < -0.4 is 10.6 Å². The summed E-state index contributed by atoms with van der Waals surface area (Å²) in [5.41, 5.74) is 3.53. The fourth-order valence-electron chi connectivity index (χ4n) is 3.62. The lowest BCUT2D eigenvalue weighted by molar-refractivity contribution is 0.102. The molecule has 2 heterocycles. The van der Waals surface area contributed by atoms with E-state index in [0.717, 1.165) is 34.7 Å². The first-order valence-corrected chi connectivity index (χ1v) is 11.2. The molecule has 2 aromatic carbocycles. The van der Waals surface area contributed by atoms with Crippen molar-refractivity contribution in [3.05, 3.63) is 69.4 Å². The van der Waals surface area contributed by atoms with Crippen LogP contribution in [0.15, 0.2) is 42.5 Å². The van der Waals surface area contributed by atoms with E-state index >= 15 is 0 Å². The average molecular weight is 454 g/mol. The zero-order valence-electron chi connectivity index (χ0n) is 17.9. The van der Waals surface area contributed by atoms with Gasteiger partial charge in [0.25, 0.3) is 5.91 Å². The number of piperidine rings is 1. The van der Waals surface area contributed by atoms with E-state index in [1.807, 2.05) is 36.9 Å². The smallest absolute Gasteiger partial charge is 0.321 e. The number of rotatable bonds is 4. The summed E-state index contributed by atoms with van der Waals surface area (Å²) in [6, 6.07) is 11.3. The van der Waals surface area contributed by atoms with Gasteiger partial charge in [-0.25, -0.2) is 9.18 Å². The van der Waals surface area contributed by atoms with E-state index in [1.54, 1.807) is 0 Å². The number of carbonyl (C=O) groups excluding carboxylic acids is 2. The second kappa shape index (κ2) is 9.44. The number of nitrogens with zero attached hydrogens (tertiary/aromatic N) is 3. The molecule has 9 heteroatoms. The second-order valence-electron chi connectivity index (χ2n) is 7.85. The van der Waals surface area contributed by atoms with Gasteiger partial charge in [-0.05, 0) is 68.1 Å². The van der Waals surface area contributed by atoms with Crippen LogP contribution in [0.5, 0.6) is 0 Å². The van der Waals surface area contributed by atoms with E-state index < -0.39 is 0 Å². The summed E-state index contributed by atoms with van der Waals surface area (Å²) in [5, 5.41) is 15.0. The number of nitrogens with one attached hydrogen (secondary N) is 2. The standard InChI is InChI=1S/C23H24FN5O2S/c1-14-4-3-5-19(15(14)2)26-23(31)29-12-10-16(11-13-29)21-27-28-22(32-21)20(30)25-18-8-6-17(24)7-9-18/h3-9,16H,10-13H2,1-2H3,(H,25,30)(H,26,31). The fraction of sp³-hybridized carbons (Fsp3) is 0.304. The van der Waals surface area contributed by atoms with Crippen LogP contribution in [0.4, 0.5) is 20.6 Å². The van der Waals surface area contributed by atoms with Gasteiger partial charge in [0.05, 0.1) is 0 Å². The minimum Gasteiger partial charge on any atom is -0.324 e. The maximum Gasteiger partial charge on any atom is 0.321 e. The number of halogens is 1. The van der Waals surface area contributed by atoms with Crippen LogP contribution in [0.25, 0.3) is 0 Å². The van der Waals surface area contributed by atoms with E-state index in [9.17, 15) is 14.0 Å². The SMILES string of the molecule is Cc1cccc(NC(=O)N2CCC(c3nnc(C(=O)Nc4ccc(F)cc4)s3)CC2)c1C. The molecule has 166 valence electrons. The number of aryl methyl sites for hydroxylation is 1. The number of likely N-dealkylation sites (tertiary alicyclic amines) is 1. The molecule has 0 atom stereocenters. The number of amides is 3. The summed E-state index contributed by atoms with van der Waals surface area (Å²) in [6.07, 6.45) is 1.52. The topological polar surface area (TPSA) is 87.2 Å². The van der Waals surface area contributed by atoms with E-state index in [-0.39, 0.29) is 28.7 Å². The van der Waals surface area contributed by atoms with Crippen LogP contribution in [-0.4, -0.2) is 40.1 Å². The molecule has 0 saturated carbocycles. The predicted molar refractivity (Wildman–Crippen MR) is 123 cm³/mol. The van der Waals surface area contributed by atoms with Crippen molar-refractivity contribution in [2.24, 2.45) is 0 Å². The molecule has 1 fully saturated rings. The van der Waals surface area contributed by atoms with Crippen LogP contribution >= 0.6 is 11.3 Å². The quantitative estimate of drug-likeness (QED) is 0.585. The van der Waals surface area contributed by atoms with Crippen molar-refractivity contribution < 1.29 is 14.0 Å². The van der Waals surface area contributed by atoms with E-state index in [2.05, 4.69) is 20.8 Å². The van der Waals surface area contributed by atoms with Crippen LogP contribution in [0.2, 0.25) is 0 Å². The first-order chi connectivity index (χ1) is 15.4. The van der Waals surface area contributed by atoms with Crippen LogP contribution in [0, 0.1) is 19.7 Å². The molecule has 1 aliphatic heterocycles. The molecule has 0 bridgehead atoms. The molecule has 0 unspecified atom stereocenters. The Morgan fingerprint density at radius 1 is 1.03 bits per heavy atom. The largest absolute Gasteiger partial charge is 0.324 e. The third-order valence-electron chi connectivity index (χ3n) is 5.71. The van der Waals surface area contributed by atoms with Gasteiger partial charge < -0.3 is 15.5 Å². The van der Waals surface area contributed by atoms with Gasteiger partial charge in [-0.3, -0.25) is 4.79 Å². The van der Waals surface area contributed by atoms with Crippen molar-refractivity contribution >= 4 is 34.6 Å². The van der Waals surface area contributed by atoms with Crippen molar-refractivity contribution in [1.82, 2.24) is 15.1 Å². The van der Waals surface area contributed by atoms with Gasteiger partial charge >= 0.3 is 6.03 Å². The lowest BCUT2D eigenvalue weighted by Crippen LogP contribution is -2.40. The Bertz CT molecular complexity index is 1120. The van der Waals surface area contributed by atoms with Crippen LogP contribution in [0.1, 0.15) is 44.7 Å². The summed E-state index contributed by atoms with van der Waals surface area (Å²) < 4.78 is 13.0. The van der Waals surface area contributed by atoms with Crippen LogP contribution in [-0.2, 0) is 0 Å². The van der Waals surface area contributed by atoms with E-state index in [1.165, 1.54) is 35.6 Å². The van der Waals surface area contributed by atoms with Crippen LogP contribution in [0.3, 0.4) is 0 Å². The molecule has 1 aromatic heterocycles. The van der Waals surface area contributed by atoms with Crippen molar-refractivity contribution in [3.8, 4) is 0 Å². The van der Waals surface area contributed by atoms with Crippen molar-refractivity contribution in [1.29, 1.82) is 0 Å². The number of carbonyl (C=O) groups is 2. The zero-order chi connectivity index (χ0) is 22.7. The highest BCUT2D eigenvalue weighted by Crippen LogP contribution is 2.31. The monoisotopic (exact) mass is 453 g/mol. The first-order valence-electron chi connectivity index (χ1n) is 10.4. The summed E-state index contributed by atoms with van der Waals surface area (Å²) in [5.74, 6) is -0.578. The number of urea groups is 1. The van der Waals surface area contributed by atoms with Gasteiger partial charge in [-0.2, -0.15) is 0 Å². The number of aromatic nitrogens is 2. The molecule has 1 aliphatic rings. The van der Waals surface area contributed by atoms with Gasteiger partial charge in [0.1, 0.15) is 10.8 Å². The Hall–Kier alpha value is -3.33. The lowest BCUT2D eigenvalue weighted by Gasteiger charge is -2.31. The van der Waals surface area contributed by atoms with Crippen molar-refractivity contribution in [2.45, 2.75) is 32.6 Å². The maximum absolute atomic E-state index is 13.0. The molecule has 4 rings (SSSR count). The molecule has 7 nitrogen and oxygen atoms in total. The highest BCUT2D eigenvalue weighted by molar-refractivity contribution is 7.13. The molecule has 0 spiro atoms. The molecule has 32 heavy (non-hydrogen) atoms. The zero-order valence-corrected chi connectivity index (χ0v) is 18.7. The first kappa shape index (κ1) is 21.9. The Balaban J connectivity index is 1.32. The summed E-state index contributed by atoms with van der Waals surface area (Å²) in [7, 11) is 0. The average Bonchev–Trinajstić information content (AvgIpc) is 3.29. The Morgan fingerprint density at radius 3 is 2.47 bits per heavy atom. The minimum absolute atomic E-state index is 0.103. The Morgan fingerprint density at radius 2 is 1.75 bits per heavy atom. The summed E-state index contributed by atoms with van der Waals surface area (Å²) in [6.45, 7) is 5.24. The molecular weight excluding hydrogens is 429 g/mol. The molecule has 2 N–H and O–H groups in total. The third-order valence-corrected chi connectivity index (χ3v) is 6.80. The molecule has 0 aliphatic carbocycles. The number of anilines is 2. The van der Waals surface area contributed by atoms with E-state index in [4.69, 9.17) is 0 Å². The van der Waals surface area contributed by atoms with Gasteiger partial charge in [-0.15, -0.1) is 10.2 Å². The number of hydrogen-bond donors (Lipinski definition) is 2. The number of benzene rings is 2. The van der Waals surface area contributed by atoms with E-state index in [0.29, 0.717) is 18.8 Å². The second-order valence-corrected chi connectivity index (χ2v) is 8.85. The van der Waals surface area contributed by atoms with Gasteiger partial charge in [0.2, 0.25) is 5.01 Å². The Labute approximate surface area is 189 Å². The molecule has 3 aromatic rings. The Kier molecular flexibility index (Phi) is 6.45. The molecule has 1 saturated heterocycles. The van der Waals surface area contributed by atoms with Gasteiger partial charge in [0.15, 0.2) is 0 Å². The van der Waals surface area contributed by atoms with Crippen molar-refractivity contribution in [2.75, 3.05) is 23.7 Å². The highest BCUT2D eigenvalue weighted by atomic mass is 32.1. The summed E-state index contributed by atoms with van der Waals surface area (Å²) in [4.78, 5) is 26.9. The highest BCUT2D eigenvalue weighted by Gasteiger charge is 2.27. The maximum atomic E-state index is 13.0.